The molecule has 1 amide bonds. The highest BCUT2D eigenvalue weighted by Gasteiger charge is 2.28. The number of piperidine rings is 1. The summed E-state index contributed by atoms with van der Waals surface area (Å²) in [6.45, 7) is 7.26. The molecule has 7 nitrogen and oxygen atoms in total. The van der Waals surface area contributed by atoms with Crippen LogP contribution < -0.4 is 5.32 Å². The van der Waals surface area contributed by atoms with Crippen LogP contribution in [0.15, 0.2) is 29.0 Å². The average molecular weight is 357 g/mol. The number of aromatic nitrogens is 3. The average Bonchev–Trinajstić information content (AvgIpc) is 3.15. The molecule has 3 rings (SSSR count). The van der Waals surface area contributed by atoms with Gasteiger partial charge < -0.3 is 9.84 Å². The van der Waals surface area contributed by atoms with E-state index in [4.69, 9.17) is 4.52 Å². The van der Waals surface area contributed by atoms with E-state index in [1.165, 1.54) is 19.3 Å². The number of nitrogens with zero attached hydrogens (tertiary/aromatic N) is 4. The van der Waals surface area contributed by atoms with Gasteiger partial charge in [0, 0.05) is 42.9 Å². The Morgan fingerprint density at radius 3 is 2.69 bits per heavy atom. The molecule has 0 saturated carbocycles. The van der Waals surface area contributed by atoms with E-state index in [-0.39, 0.29) is 11.4 Å². The topological polar surface area (TPSA) is 84.2 Å². The number of aryl methyl sites for hydroxylation is 1. The van der Waals surface area contributed by atoms with Gasteiger partial charge >= 0.3 is 0 Å². The molecule has 0 aromatic carbocycles. The lowest BCUT2D eigenvalue weighted by atomic mass is 9.98. The molecule has 1 aliphatic heterocycles. The number of hydrogen-bond acceptors (Lipinski definition) is 6. The lowest BCUT2D eigenvalue weighted by Gasteiger charge is -2.41. The molecule has 0 unspecified atom stereocenters. The van der Waals surface area contributed by atoms with Crippen LogP contribution in [-0.2, 0) is 11.2 Å². The highest BCUT2D eigenvalue weighted by Crippen LogP contribution is 2.20. The minimum absolute atomic E-state index is 0.0127. The van der Waals surface area contributed by atoms with E-state index in [0.29, 0.717) is 31.1 Å². The molecule has 0 spiro atoms. The van der Waals surface area contributed by atoms with Crippen LogP contribution in [0.1, 0.15) is 45.4 Å². The number of amides is 1. The third kappa shape index (κ3) is 4.88. The SMILES string of the molecule is CC(C)(CNC(=O)CCc1nc(-c2ccncc2)no1)N1CCCCC1. The highest BCUT2D eigenvalue weighted by molar-refractivity contribution is 5.76. The first-order chi connectivity index (χ1) is 12.5. The fraction of sp³-hybridized carbons (Fsp3) is 0.579. The van der Waals surface area contributed by atoms with Crippen LogP contribution in [0, 0.1) is 0 Å². The van der Waals surface area contributed by atoms with Gasteiger partial charge in [-0.3, -0.25) is 14.7 Å². The number of rotatable bonds is 7. The molecule has 7 heteroatoms. The smallest absolute Gasteiger partial charge is 0.227 e. The van der Waals surface area contributed by atoms with Crippen molar-refractivity contribution in [2.75, 3.05) is 19.6 Å². The first-order valence-corrected chi connectivity index (χ1v) is 9.29. The first-order valence-electron chi connectivity index (χ1n) is 9.29. The minimum atomic E-state index is -0.0188. The van der Waals surface area contributed by atoms with Crippen LogP contribution in [0.5, 0.6) is 0 Å². The summed E-state index contributed by atoms with van der Waals surface area (Å²) >= 11 is 0. The van der Waals surface area contributed by atoms with Crippen LogP contribution in [-0.4, -0.2) is 51.1 Å². The third-order valence-electron chi connectivity index (χ3n) is 4.90. The van der Waals surface area contributed by atoms with Gasteiger partial charge in [0.1, 0.15) is 0 Å². The maximum atomic E-state index is 12.2. The second-order valence-corrected chi connectivity index (χ2v) is 7.38. The van der Waals surface area contributed by atoms with Gasteiger partial charge in [-0.15, -0.1) is 0 Å². The van der Waals surface area contributed by atoms with Crippen LogP contribution in [0.3, 0.4) is 0 Å². The molecule has 3 heterocycles. The molecule has 0 radical (unpaired) electrons. The Kier molecular flexibility index (Phi) is 5.98. The Hall–Kier alpha value is -2.28. The van der Waals surface area contributed by atoms with Crippen molar-refractivity contribution in [3.63, 3.8) is 0 Å². The standard InChI is InChI=1S/C19H27N5O2/c1-19(2,24-12-4-3-5-13-24)14-21-16(25)6-7-17-22-18(23-26-17)15-8-10-20-11-9-15/h8-11H,3-7,12-14H2,1-2H3,(H,21,25). The zero-order valence-electron chi connectivity index (χ0n) is 15.6. The Bertz CT molecular complexity index is 708. The summed E-state index contributed by atoms with van der Waals surface area (Å²) in [4.78, 5) is 23.0. The van der Waals surface area contributed by atoms with E-state index in [0.717, 1.165) is 18.7 Å². The molecule has 0 bridgehead atoms. The summed E-state index contributed by atoms with van der Waals surface area (Å²) < 4.78 is 5.24. The number of pyridine rings is 1. The molecule has 140 valence electrons. The van der Waals surface area contributed by atoms with E-state index >= 15 is 0 Å². The van der Waals surface area contributed by atoms with Crippen molar-refractivity contribution in [2.45, 2.75) is 51.5 Å². The quantitative estimate of drug-likeness (QED) is 0.819. The molecule has 0 atom stereocenters. The van der Waals surface area contributed by atoms with E-state index in [9.17, 15) is 4.79 Å². The molecule has 2 aromatic heterocycles. The van der Waals surface area contributed by atoms with Crippen molar-refractivity contribution in [1.29, 1.82) is 0 Å². The van der Waals surface area contributed by atoms with E-state index < -0.39 is 0 Å². The fourth-order valence-electron chi connectivity index (χ4n) is 3.21. The molecule has 2 aromatic rings. The van der Waals surface area contributed by atoms with Gasteiger partial charge in [-0.05, 0) is 51.9 Å². The lowest BCUT2D eigenvalue weighted by molar-refractivity contribution is -0.121. The van der Waals surface area contributed by atoms with Gasteiger partial charge in [0.25, 0.3) is 0 Å². The van der Waals surface area contributed by atoms with Gasteiger partial charge in [-0.2, -0.15) is 4.98 Å². The number of likely N-dealkylation sites (tertiary alicyclic amines) is 1. The maximum Gasteiger partial charge on any atom is 0.227 e. The largest absolute Gasteiger partial charge is 0.354 e. The minimum Gasteiger partial charge on any atom is -0.354 e. The number of carbonyl (C=O) groups is 1. The maximum absolute atomic E-state index is 12.2. The first kappa shape index (κ1) is 18.5. The predicted octanol–water partition coefficient (Wildman–Crippen LogP) is 2.44. The predicted molar refractivity (Wildman–Crippen MR) is 98.4 cm³/mol. The lowest BCUT2D eigenvalue weighted by Crippen LogP contribution is -2.53. The Balaban J connectivity index is 1.45. The molecule has 26 heavy (non-hydrogen) atoms. The van der Waals surface area contributed by atoms with E-state index in [1.807, 2.05) is 12.1 Å². The molecule has 1 N–H and O–H groups in total. The highest BCUT2D eigenvalue weighted by atomic mass is 16.5. The van der Waals surface area contributed by atoms with E-state index in [2.05, 4.69) is 39.2 Å². The van der Waals surface area contributed by atoms with Crippen molar-refractivity contribution in [1.82, 2.24) is 25.3 Å². The second kappa shape index (κ2) is 8.40. The van der Waals surface area contributed by atoms with Gasteiger partial charge in [-0.1, -0.05) is 11.6 Å². The van der Waals surface area contributed by atoms with Crippen molar-refractivity contribution in [3.8, 4) is 11.4 Å². The fourth-order valence-corrected chi connectivity index (χ4v) is 3.21. The van der Waals surface area contributed by atoms with Gasteiger partial charge in [0.15, 0.2) is 0 Å². The Morgan fingerprint density at radius 2 is 1.96 bits per heavy atom. The molecule has 0 aliphatic carbocycles. The van der Waals surface area contributed by atoms with Crippen LogP contribution in [0.25, 0.3) is 11.4 Å². The van der Waals surface area contributed by atoms with Gasteiger partial charge in [0.05, 0.1) is 0 Å². The van der Waals surface area contributed by atoms with Gasteiger partial charge in [-0.25, -0.2) is 0 Å². The summed E-state index contributed by atoms with van der Waals surface area (Å²) in [5.74, 6) is 1.01. The molecule has 1 aliphatic rings. The Labute approximate surface area is 154 Å². The van der Waals surface area contributed by atoms with Crippen molar-refractivity contribution < 1.29 is 9.32 Å². The molecule has 1 fully saturated rings. The molecular formula is C19H27N5O2. The van der Waals surface area contributed by atoms with Crippen molar-refractivity contribution in [2.24, 2.45) is 0 Å². The monoisotopic (exact) mass is 357 g/mol. The van der Waals surface area contributed by atoms with Crippen LogP contribution in [0.4, 0.5) is 0 Å². The number of carbonyl (C=O) groups excluding carboxylic acids is 1. The Morgan fingerprint density at radius 1 is 1.23 bits per heavy atom. The number of nitrogens with one attached hydrogen (secondary N) is 1. The summed E-state index contributed by atoms with van der Waals surface area (Å²) in [6, 6.07) is 3.65. The van der Waals surface area contributed by atoms with Crippen LogP contribution >= 0.6 is 0 Å². The zero-order valence-corrected chi connectivity index (χ0v) is 15.6. The van der Waals surface area contributed by atoms with Gasteiger partial charge in [0.2, 0.25) is 17.6 Å². The summed E-state index contributed by atoms with van der Waals surface area (Å²) in [5, 5.41) is 7.01. The van der Waals surface area contributed by atoms with Crippen LogP contribution in [0.2, 0.25) is 0 Å². The van der Waals surface area contributed by atoms with Crippen molar-refractivity contribution >= 4 is 5.91 Å². The summed E-state index contributed by atoms with van der Waals surface area (Å²) in [6.07, 6.45) is 7.95. The third-order valence-corrected chi connectivity index (χ3v) is 4.90. The van der Waals surface area contributed by atoms with Crippen molar-refractivity contribution in [3.05, 3.63) is 30.4 Å². The molecule has 1 saturated heterocycles. The summed E-state index contributed by atoms with van der Waals surface area (Å²) in [7, 11) is 0. The second-order valence-electron chi connectivity index (χ2n) is 7.38. The zero-order chi connectivity index (χ0) is 18.4. The number of hydrogen-bond donors (Lipinski definition) is 1. The van der Waals surface area contributed by atoms with E-state index in [1.54, 1.807) is 12.4 Å². The summed E-state index contributed by atoms with van der Waals surface area (Å²) in [5.41, 5.74) is 0.831. The normalized spacial score (nSPS) is 15.8. The molecular weight excluding hydrogens is 330 g/mol.